The summed E-state index contributed by atoms with van der Waals surface area (Å²) in [5.41, 5.74) is 5.65. The fraction of sp³-hybridized carbons (Fsp3) is 1.00. The van der Waals surface area contributed by atoms with Crippen molar-refractivity contribution in [3.05, 3.63) is 0 Å². The summed E-state index contributed by atoms with van der Waals surface area (Å²) in [5, 5.41) is 8.70. The van der Waals surface area contributed by atoms with Crippen LogP contribution in [0, 0.1) is 5.92 Å². The van der Waals surface area contributed by atoms with Gasteiger partial charge in [-0.05, 0) is 6.42 Å². The first-order chi connectivity index (χ1) is 4.34. The van der Waals surface area contributed by atoms with E-state index in [1.54, 1.807) is 0 Å². The summed E-state index contributed by atoms with van der Waals surface area (Å²) in [4.78, 5) is 0. The second kappa shape index (κ2) is 5.07. The van der Waals surface area contributed by atoms with Crippen molar-refractivity contribution >= 4 is 17.0 Å². The van der Waals surface area contributed by atoms with E-state index >= 15 is 0 Å². The number of halogens is 1. The Kier molecular flexibility index (Phi) is 5.25. The van der Waals surface area contributed by atoms with E-state index in [1.165, 1.54) is 0 Å². The largest absolute Gasteiger partial charge is 0.396 e. The number of aliphatic hydroxyl groups excluding tert-OH is 1. The van der Waals surface area contributed by atoms with Crippen molar-refractivity contribution in [2.75, 3.05) is 19.8 Å². The summed E-state index contributed by atoms with van der Waals surface area (Å²) in [5.74, 6) is 0.166. The van der Waals surface area contributed by atoms with Gasteiger partial charge >= 0.3 is 0 Å². The van der Waals surface area contributed by atoms with Crippen LogP contribution in [-0.2, 0) is 4.74 Å². The first-order valence-electron chi connectivity index (χ1n) is 3.28. The Morgan fingerprint density at radius 1 is 1.60 bits per heavy atom. The molecule has 1 aliphatic rings. The molecule has 0 spiro atoms. The topological polar surface area (TPSA) is 55.5 Å². The van der Waals surface area contributed by atoms with Crippen molar-refractivity contribution < 1.29 is 9.84 Å². The minimum absolute atomic E-state index is 0. The molecule has 2 unspecified atom stereocenters. The van der Waals surface area contributed by atoms with Crippen molar-refractivity contribution in [2.45, 2.75) is 12.5 Å². The zero-order chi connectivity index (χ0) is 6.69. The average Bonchev–Trinajstić information content (AvgIpc) is 1.89. The van der Waals surface area contributed by atoms with E-state index < -0.39 is 0 Å². The SMILES string of the molecule is Br.NC1CCOCC1CO. The lowest BCUT2D eigenvalue weighted by Gasteiger charge is -2.26. The fourth-order valence-corrected chi connectivity index (χ4v) is 1.00. The van der Waals surface area contributed by atoms with Crippen LogP contribution in [0.1, 0.15) is 6.42 Å². The molecule has 0 amide bonds. The Balaban J connectivity index is 0.000000810. The average molecular weight is 212 g/mol. The van der Waals surface area contributed by atoms with Crippen molar-refractivity contribution in [1.29, 1.82) is 0 Å². The summed E-state index contributed by atoms with van der Waals surface area (Å²) < 4.78 is 5.10. The Morgan fingerprint density at radius 3 is 2.70 bits per heavy atom. The predicted molar refractivity (Wildman–Crippen MR) is 44.3 cm³/mol. The van der Waals surface area contributed by atoms with Gasteiger partial charge in [0.25, 0.3) is 0 Å². The predicted octanol–water partition coefficient (Wildman–Crippen LogP) is -0.0796. The molecule has 62 valence electrons. The molecule has 0 aromatic carbocycles. The van der Waals surface area contributed by atoms with Gasteiger partial charge in [0, 0.05) is 25.2 Å². The third-order valence-corrected chi connectivity index (χ3v) is 1.77. The molecule has 0 aliphatic carbocycles. The Morgan fingerprint density at radius 2 is 2.30 bits per heavy atom. The van der Waals surface area contributed by atoms with Crippen molar-refractivity contribution in [3.8, 4) is 0 Å². The lowest BCUT2D eigenvalue weighted by molar-refractivity contribution is 0.0179. The van der Waals surface area contributed by atoms with Crippen LogP contribution in [0.3, 0.4) is 0 Å². The number of nitrogens with two attached hydrogens (primary N) is 1. The van der Waals surface area contributed by atoms with Crippen LogP contribution in [0.2, 0.25) is 0 Å². The van der Waals surface area contributed by atoms with Crippen LogP contribution in [0.15, 0.2) is 0 Å². The number of ether oxygens (including phenoxy) is 1. The van der Waals surface area contributed by atoms with E-state index in [-0.39, 0.29) is 35.5 Å². The zero-order valence-corrected chi connectivity index (χ0v) is 7.54. The number of rotatable bonds is 1. The first kappa shape index (κ1) is 10.4. The van der Waals surface area contributed by atoms with E-state index in [2.05, 4.69) is 0 Å². The maximum atomic E-state index is 8.70. The molecule has 2 atom stereocenters. The van der Waals surface area contributed by atoms with Gasteiger partial charge in [-0.15, -0.1) is 17.0 Å². The zero-order valence-electron chi connectivity index (χ0n) is 5.82. The van der Waals surface area contributed by atoms with E-state index in [0.717, 1.165) is 13.0 Å². The van der Waals surface area contributed by atoms with Crippen LogP contribution < -0.4 is 5.73 Å². The molecule has 1 saturated heterocycles. The summed E-state index contributed by atoms with van der Waals surface area (Å²) in [6.45, 7) is 1.52. The number of hydrogen-bond donors (Lipinski definition) is 2. The Labute approximate surface area is 71.3 Å². The van der Waals surface area contributed by atoms with Gasteiger partial charge in [-0.25, -0.2) is 0 Å². The van der Waals surface area contributed by atoms with Crippen LogP contribution in [0.5, 0.6) is 0 Å². The van der Waals surface area contributed by atoms with Gasteiger partial charge in [-0.3, -0.25) is 0 Å². The molecule has 0 radical (unpaired) electrons. The standard InChI is InChI=1S/C6H13NO2.BrH/c7-6-1-2-9-4-5(6)3-8;/h5-6,8H,1-4,7H2;1H. The van der Waals surface area contributed by atoms with Crippen LogP contribution in [-0.4, -0.2) is 31.0 Å². The molecule has 10 heavy (non-hydrogen) atoms. The molecule has 0 bridgehead atoms. The van der Waals surface area contributed by atoms with Crippen molar-refractivity contribution in [2.24, 2.45) is 11.7 Å². The van der Waals surface area contributed by atoms with Crippen LogP contribution >= 0.6 is 17.0 Å². The minimum Gasteiger partial charge on any atom is -0.396 e. The van der Waals surface area contributed by atoms with Gasteiger partial charge in [0.1, 0.15) is 0 Å². The molecule has 3 N–H and O–H groups in total. The van der Waals surface area contributed by atoms with Gasteiger partial charge in [0.15, 0.2) is 0 Å². The van der Waals surface area contributed by atoms with Crippen molar-refractivity contribution in [1.82, 2.24) is 0 Å². The molecule has 1 rings (SSSR count). The maximum absolute atomic E-state index is 8.70. The highest BCUT2D eigenvalue weighted by molar-refractivity contribution is 8.93. The summed E-state index contributed by atoms with van der Waals surface area (Å²) >= 11 is 0. The fourth-order valence-electron chi connectivity index (χ4n) is 1.00. The van der Waals surface area contributed by atoms with Gasteiger partial charge in [-0.2, -0.15) is 0 Å². The third-order valence-electron chi connectivity index (χ3n) is 1.77. The molecule has 4 heteroatoms. The second-order valence-corrected chi connectivity index (χ2v) is 2.47. The highest BCUT2D eigenvalue weighted by Gasteiger charge is 2.20. The third kappa shape index (κ3) is 2.54. The highest BCUT2D eigenvalue weighted by Crippen LogP contribution is 2.10. The van der Waals surface area contributed by atoms with Gasteiger partial charge in [0.2, 0.25) is 0 Å². The van der Waals surface area contributed by atoms with Crippen LogP contribution in [0.25, 0.3) is 0 Å². The molecule has 1 heterocycles. The van der Waals surface area contributed by atoms with Crippen LogP contribution in [0.4, 0.5) is 0 Å². The monoisotopic (exact) mass is 211 g/mol. The van der Waals surface area contributed by atoms with Gasteiger partial charge in [-0.1, -0.05) is 0 Å². The van der Waals surface area contributed by atoms with E-state index in [1.807, 2.05) is 0 Å². The summed E-state index contributed by atoms with van der Waals surface area (Å²) in [6, 6.07) is 0.142. The molecule has 1 fully saturated rings. The first-order valence-corrected chi connectivity index (χ1v) is 3.28. The maximum Gasteiger partial charge on any atom is 0.0531 e. The van der Waals surface area contributed by atoms with E-state index in [0.29, 0.717) is 6.61 Å². The number of aliphatic hydroxyl groups is 1. The van der Waals surface area contributed by atoms with Crippen molar-refractivity contribution in [3.63, 3.8) is 0 Å². The molecule has 1 aliphatic heterocycles. The summed E-state index contributed by atoms with van der Waals surface area (Å²) in [6.07, 6.45) is 0.880. The van der Waals surface area contributed by atoms with Gasteiger partial charge in [0.05, 0.1) is 6.61 Å². The summed E-state index contributed by atoms with van der Waals surface area (Å²) in [7, 11) is 0. The normalized spacial score (nSPS) is 33.0. The smallest absolute Gasteiger partial charge is 0.0531 e. The molecular weight excluding hydrogens is 198 g/mol. The lowest BCUT2D eigenvalue weighted by Crippen LogP contribution is -2.40. The Bertz CT molecular complexity index is 91.8. The second-order valence-electron chi connectivity index (χ2n) is 2.47. The minimum atomic E-state index is 0. The highest BCUT2D eigenvalue weighted by atomic mass is 79.9. The quantitative estimate of drug-likeness (QED) is 0.639. The van der Waals surface area contributed by atoms with E-state index in [9.17, 15) is 0 Å². The van der Waals surface area contributed by atoms with E-state index in [4.69, 9.17) is 15.6 Å². The number of hydrogen-bond acceptors (Lipinski definition) is 3. The molecule has 3 nitrogen and oxygen atoms in total. The molecule has 0 aromatic rings. The lowest BCUT2D eigenvalue weighted by atomic mass is 9.98. The van der Waals surface area contributed by atoms with Gasteiger partial charge < -0.3 is 15.6 Å². The molecule has 0 saturated carbocycles. The molecule has 0 aromatic heterocycles. The Hall–Kier alpha value is 0.360. The molecular formula is C6H14BrNO2.